The number of ketones is 1. The number of ether oxygens (including phenoxy) is 1. The molecule has 1 aromatic carbocycles. The van der Waals surface area contributed by atoms with Crippen LogP contribution in [-0.2, 0) is 10.4 Å². The molecule has 2 rings (SSSR count). The second kappa shape index (κ2) is 4.49. The number of rotatable bonds is 2. The van der Waals surface area contributed by atoms with Crippen molar-refractivity contribution in [2.24, 2.45) is 0 Å². The van der Waals surface area contributed by atoms with Crippen molar-refractivity contribution in [2.75, 3.05) is 7.11 Å². The van der Waals surface area contributed by atoms with E-state index in [0.29, 0.717) is 25.7 Å². The van der Waals surface area contributed by atoms with Crippen LogP contribution in [0.15, 0.2) is 18.2 Å². The van der Waals surface area contributed by atoms with Gasteiger partial charge in [0.15, 0.2) is 0 Å². The predicted molar refractivity (Wildman–Crippen MR) is 65.1 cm³/mol. The molecular formula is C14H18O3. The molecule has 92 valence electrons. The number of hydrogen-bond acceptors (Lipinski definition) is 3. The molecule has 0 radical (unpaired) electrons. The first kappa shape index (κ1) is 12.1. The number of Topliss-reactive ketones (excluding diaryl/α,β-unsaturated/α-hetero) is 1. The monoisotopic (exact) mass is 234 g/mol. The zero-order valence-corrected chi connectivity index (χ0v) is 10.3. The second-order valence-electron chi connectivity index (χ2n) is 4.75. The van der Waals surface area contributed by atoms with Gasteiger partial charge < -0.3 is 9.84 Å². The highest BCUT2D eigenvalue weighted by Gasteiger charge is 2.35. The quantitative estimate of drug-likeness (QED) is 0.854. The van der Waals surface area contributed by atoms with Gasteiger partial charge in [0.1, 0.15) is 11.5 Å². The molecular weight excluding hydrogens is 216 g/mol. The first-order chi connectivity index (χ1) is 8.05. The molecule has 3 heteroatoms. The molecule has 0 unspecified atom stereocenters. The molecule has 0 aromatic heterocycles. The minimum absolute atomic E-state index is 0.251. The summed E-state index contributed by atoms with van der Waals surface area (Å²) in [5.41, 5.74) is 1.09. The van der Waals surface area contributed by atoms with Crippen molar-refractivity contribution in [1.82, 2.24) is 0 Å². The SMILES string of the molecule is COc1ccc(C2(O)CCC(=O)CC2)c(C)c1. The largest absolute Gasteiger partial charge is 0.497 e. The summed E-state index contributed by atoms with van der Waals surface area (Å²) in [6, 6.07) is 5.68. The number of hydrogen-bond donors (Lipinski definition) is 1. The van der Waals surface area contributed by atoms with E-state index in [1.165, 1.54) is 0 Å². The third-order valence-electron chi connectivity index (χ3n) is 3.57. The maximum absolute atomic E-state index is 11.2. The van der Waals surface area contributed by atoms with Crippen LogP contribution >= 0.6 is 0 Å². The molecule has 1 aromatic rings. The van der Waals surface area contributed by atoms with E-state index in [-0.39, 0.29) is 5.78 Å². The molecule has 1 saturated carbocycles. The van der Waals surface area contributed by atoms with Crippen LogP contribution < -0.4 is 4.74 Å². The lowest BCUT2D eigenvalue weighted by atomic mass is 9.77. The topological polar surface area (TPSA) is 46.5 Å². The Balaban J connectivity index is 2.30. The van der Waals surface area contributed by atoms with Crippen molar-refractivity contribution in [3.63, 3.8) is 0 Å². The predicted octanol–water partition coefficient (Wildman–Crippen LogP) is 2.33. The molecule has 17 heavy (non-hydrogen) atoms. The van der Waals surface area contributed by atoms with Crippen LogP contribution in [0.1, 0.15) is 36.8 Å². The first-order valence-corrected chi connectivity index (χ1v) is 5.94. The Morgan fingerprint density at radius 1 is 1.29 bits per heavy atom. The molecule has 0 bridgehead atoms. The van der Waals surface area contributed by atoms with E-state index in [2.05, 4.69) is 0 Å². The van der Waals surface area contributed by atoms with Gasteiger partial charge in [0, 0.05) is 12.8 Å². The molecule has 1 N–H and O–H groups in total. The number of aryl methyl sites for hydroxylation is 1. The summed E-state index contributed by atoms with van der Waals surface area (Å²) < 4.78 is 5.15. The lowest BCUT2D eigenvalue weighted by molar-refractivity contribution is -0.125. The summed E-state index contributed by atoms with van der Waals surface area (Å²) in [7, 11) is 1.63. The van der Waals surface area contributed by atoms with Gasteiger partial charge in [0.05, 0.1) is 12.7 Å². The van der Waals surface area contributed by atoms with E-state index in [1.807, 2.05) is 25.1 Å². The highest BCUT2D eigenvalue weighted by molar-refractivity contribution is 5.79. The molecule has 1 aliphatic carbocycles. The average Bonchev–Trinajstić information content (AvgIpc) is 2.33. The minimum atomic E-state index is -0.843. The fraction of sp³-hybridized carbons (Fsp3) is 0.500. The average molecular weight is 234 g/mol. The third-order valence-corrected chi connectivity index (χ3v) is 3.57. The Kier molecular flexibility index (Phi) is 3.20. The van der Waals surface area contributed by atoms with Gasteiger partial charge in [-0.2, -0.15) is 0 Å². The summed E-state index contributed by atoms with van der Waals surface area (Å²) in [5.74, 6) is 1.04. The van der Waals surface area contributed by atoms with Gasteiger partial charge in [0.2, 0.25) is 0 Å². The zero-order chi connectivity index (χ0) is 12.5. The zero-order valence-electron chi connectivity index (χ0n) is 10.3. The number of methoxy groups -OCH3 is 1. The smallest absolute Gasteiger partial charge is 0.133 e. The van der Waals surface area contributed by atoms with Gasteiger partial charge in [-0.25, -0.2) is 0 Å². The van der Waals surface area contributed by atoms with Gasteiger partial charge in [-0.15, -0.1) is 0 Å². The lowest BCUT2D eigenvalue weighted by Crippen LogP contribution is -2.32. The highest BCUT2D eigenvalue weighted by Crippen LogP contribution is 2.38. The van der Waals surface area contributed by atoms with E-state index in [1.54, 1.807) is 7.11 Å². The Labute approximate surface area is 101 Å². The van der Waals surface area contributed by atoms with Crippen molar-refractivity contribution in [1.29, 1.82) is 0 Å². The van der Waals surface area contributed by atoms with E-state index in [9.17, 15) is 9.90 Å². The van der Waals surface area contributed by atoms with Crippen LogP contribution in [0.2, 0.25) is 0 Å². The fourth-order valence-corrected chi connectivity index (χ4v) is 2.50. The summed E-state index contributed by atoms with van der Waals surface area (Å²) in [6.07, 6.45) is 2.00. The normalized spacial score (nSPS) is 19.1. The van der Waals surface area contributed by atoms with Gasteiger partial charge in [-0.1, -0.05) is 6.07 Å². The van der Waals surface area contributed by atoms with Gasteiger partial charge in [-0.05, 0) is 43.0 Å². The number of aliphatic hydroxyl groups is 1. The highest BCUT2D eigenvalue weighted by atomic mass is 16.5. The number of carbonyl (C=O) groups excluding carboxylic acids is 1. The van der Waals surface area contributed by atoms with Gasteiger partial charge >= 0.3 is 0 Å². The maximum atomic E-state index is 11.2. The van der Waals surface area contributed by atoms with Crippen LogP contribution in [0.5, 0.6) is 5.75 Å². The van der Waals surface area contributed by atoms with E-state index < -0.39 is 5.60 Å². The van der Waals surface area contributed by atoms with Crippen LogP contribution in [0, 0.1) is 6.92 Å². The minimum Gasteiger partial charge on any atom is -0.497 e. The first-order valence-electron chi connectivity index (χ1n) is 5.94. The maximum Gasteiger partial charge on any atom is 0.133 e. The van der Waals surface area contributed by atoms with Crippen LogP contribution in [0.4, 0.5) is 0 Å². The van der Waals surface area contributed by atoms with Crippen LogP contribution in [-0.4, -0.2) is 18.0 Å². The second-order valence-corrected chi connectivity index (χ2v) is 4.75. The summed E-state index contributed by atoms with van der Waals surface area (Å²) in [5, 5.41) is 10.6. The molecule has 1 fully saturated rings. The third kappa shape index (κ3) is 2.34. The Morgan fingerprint density at radius 2 is 1.94 bits per heavy atom. The van der Waals surface area contributed by atoms with Gasteiger partial charge in [0.25, 0.3) is 0 Å². The molecule has 0 atom stereocenters. The van der Waals surface area contributed by atoms with Crippen LogP contribution in [0.25, 0.3) is 0 Å². The molecule has 0 heterocycles. The van der Waals surface area contributed by atoms with Crippen LogP contribution in [0.3, 0.4) is 0 Å². The van der Waals surface area contributed by atoms with E-state index >= 15 is 0 Å². The van der Waals surface area contributed by atoms with Crippen molar-refractivity contribution in [3.8, 4) is 5.75 Å². The summed E-state index contributed by atoms with van der Waals surface area (Å²) in [6.45, 7) is 1.96. The molecule has 3 nitrogen and oxygen atoms in total. The molecule has 0 aliphatic heterocycles. The Morgan fingerprint density at radius 3 is 2.47 bits per heavy atom. The van der Waals surface area contributed by atoms with E-state index in [0.717, 1.165) is 16.9 Å². The number of carbonyl (C=O) groups is 1. The van der Waals surface area contributed by atoms with Crippen molar-refractivity contribution < 1.29 is 14.6 Å². The van der Waals surface area contributed by atoms with Gasteiger partial charge in [-0.3, -0.25) is 4.79 Å². The molecule has 0 saturated heterocycles. The fourth-order valence-electron chi connectivity index (χ4n) is 2.50. The standard InChI is InChI=1S/C14H18O3/c1-10-9-12(17-2)3-4-13(10)14(16)7-5-11(15)6-8-14/h3-4,9,16H,5-8H2,1-2H3. The van der Waals surface area contributed by atoms with Crippen molar-refractivity contribution in [3.05, 3.63) is 29.3 Å². The lowest BCUT2D eigenvalue weighted by Gasteiger charge is -2.33. The molecule has 0 spiro atoms. The summed E-state index contributed by atoms with van der Waals surface area (Å²) in [4.78, 5) is 11.2. The molecule has 1 aliphatic rings. The molecule has 0 amide bonds. The van der Waals surface area contributed by atoms with Crippen molar-refractivity contribution in [2.45, 2.75) is 38.2 Å². The Bertz CT molecular complexity index is 427. The Hall–Kier alpha value is -1.35. The van der Waals surface area contributed by atoms with E-state index in [4.69, 9.17) is 4.74 Å². The summed E-state index contributed by atoms with van der Waals surface area (Å²) >= 11 is 0. The number of benzene rings is 1. The van der Waals surface area contributed by atoms with Crippen molar-refractivity contribution >= 4 is 5.78 Å².